The molecule has 0 bridgehead atoms. The summed E-state index contributed by atoms with van der Waals surface area (Å²) < 4.78 is 5.40. The molecule has 3 unspecified atom stereocenters. The van der Waals surface area contributed by atoms with Crippen LogP contribution in [0.4, 0.5) is 4.79 Å². The lowest BCUT2D eigenvalue weighted by atomic mass is 9.85. The van der Waals surface area contributed by atoms with Crippen molar-refractivity contribution in [3.05, 3.63) is 0 Å². The summed E-state index contributed by atoms with van der Waals surface area (Å²) in [4.78, 5) is 14.5. The zero-order valence-corrected chi connectivity index (χ0v) is 16.0. The zero-order valence-electron chi connectivity index (χ0n) is 16.0. The molecule has 0 aliphatic heterocycles. The molecule has 0 radical (unpaired) electrons. The third kappa shape index (κ3) is 7.53. The molecule has 0 aromatic rings. The summed E-state index contributed by atoms with van der Waals surface area (Å²) >= 11 is 0. The fraction of sp³-hybridized carbons (Fsp3) is 0.944. The highest BCUT2D eigenvalue weighted by atomic mass is 16.6. The van der Waals surface area contributed by atoms with Crippen molar-refractivity contribution in [3.8, 4) is 0 Å². The summed E-state index contributed by atoms with van der Waals surface area (Å²) in [5.74, 6) is 0. The number of rotatable bonds is 4. The van der Waals surface area contributed by atoms with E-state index in [9.17, 15) is 9.90 Å². The molecule has 0 spiro atoms. The Balaban J connectivity index is 2.79. The molecular formula is C18H36N2O3. The lowest BCUT2D eigenvalue weighted by molar-refractivity contribution is 0.0163. The maximum absolute atomic E-state index is 12.1. The van der Waals surface area contributed by atoms with Crippen LogP contribution in [0.2, 0.25) is 0 Å². The number of alkyl carbamates (subject to hydrolysis) is 1. The van der Waals surface area contributed by atoms with Crippen molar-refractivity contribution < 1.29 is 14.6 Å². The van der Waals surface area contributed by atoms with Crippen molar-refractivity contribution in [2.75, 3.05) is 13.1 Å². The highest BCUT2D eigenvalue weighted by molar-refractivity contribution is 5.68. The van der Waals surface area contributed by atoms with E-state index in [1.807, 2.05) is 20.8 Å². The summed E-state index contributed by atoms with van der Waals surface area (Å²) in [6.07, 6.45) is 1.56. The molecule has 1 saturated carbocycles. The first-order valence-electron chi connectivity index (χ1n) is 8.83. The molecule has 0 aromatic heterocycles. The Labute approximate surface area is 141 Å². The van der Waals surface area contributed by atoms with E-state index in [4.69, 9.17) is 4.74 Å². The molecule has 136 valence electrons. The summed E-state index contributed by atoms with van der Waals surface area (Å²) in [6.45, 7) is 16.2. The second-order valence-corrected chi connectivity index (χ2v) is 8.91. The summed E-state index contributed by atoms with van der Waals surface area (Å²) in [5.41, 5.74) is -0.321. The van der Waals surface area contributed by atoms with Crippen LogP contribution in [0.5, 0.6) is 0 Å². The van der Waals surface area contributed by atoms with Crippen molar-refractivity contribution in [2.24, 2.45) is 5.41 Å². The van der Waals surface area contributed by atoms with Crippen molar-refractivity contribution in [3.63, 3.8) is 0 Å². The maximum atomic E-state index is 12.1. The molecule has 1 aliphatic rings. The minimum absolute atomic E-state index is 0.0237. The van der Waals surface area contributed by atoms with Gasteiger partial charge < -0.3 is 15.2 Å². The molecule has 3 atom stereocenters. The molecule has 0 heterocycles. The van der Waals surface area contributed by atoms with E-state index in [-0.39, 0.29) is 29.7 Å². The van der Waals surface area contributed by atoms with Gasteiger partial charge >= 0.3 is 6.09 Å². The molecule has 1 aliphatic carbocycles. The van der Waals surface area contributed by atoms with Crippen molar-refractivity contribution in [1.82, 2.24) is 10.2 Å². The number of hydrogen-bond donors (Lipinski definition) is 2. The van der Waals surface area contributed by atoms with Gasteiger partial charge in [-0.1, -0.05) is 27.7 Å². The molecule has 5 heteroatoms. The fourth-order valence-corrected chi connectivity index (χ4v) is 3.23. The van der Waals surface area contributed by atoms with Gasteiger partial charge in [-0.3, -0.25) is 4.90 Å². The predicted octanol–water partition coefficient (Wildman–Crippen LogP) is 3.16. The third-order valence-corrected chi connectivity index (χ3v) is 4.04. The summed E-state index contributed by atoms with van der Waals surface area (Å²) in [5, 5.41) is 13.1. The molecule has 23 heavy (non-hydrogen) atoms. The Bertz CT molecular complexity index is 385. The van der Waals surface area contributed by atoms with E-state index in [0.29, 0.717) is 6.42 Å². The van der Waals surface area contributed by atoms with Gasteiger partial charge in [0.1, 0.15) is 5.60 Å². The van der Waals surface area contributed by atoms with Crippen LogP contribution in [0.25, 0.3) is 0 Å². The van der Waals surface area contributed by atoms with Crippen LogP contribution >= 0.6 is 0 Å². The molecule has 5 nitrogen and oxygen atoms in total. The SMILES string of the molecule is CCN(CC(C)(C)C)C1CC(O)CCC1NC(=O)OC(C)(C)C. The van der Waals surface area contributed by atoms with Crippen molar-refractivity contribution in [2.45, 2.75) is 91.5 Å². The normalized spacial score (nSPS) is 26.2. The Morgan fingerprint density at radius 3 is 2.30 bits per heavy atom. The van der Waals surface area contributed by atoms with Crippen LogP contribution in [0.1, 0.15) is 67.7 Å². The largest absolute Gasteiger partial charge is 0.444 e. The summed E-state index contributed by atoms with van der Waals surface area (Å²) in [7, 11) is 0. The molecule has 1 rings (SSSR count). The number of aliphatic hydroxyl groups is 1. The van der Waals surface area contributed by atoms with E-state index >= 15 is 0 Å². The number of nitrogens with one attached hydrogen (secondary N) is 1. The Hall–Kier alpha value is -0.810. The van der Waals surface area contributed by atoms with Crippen LogP contribution < -0.4 is 5.32 Å². The first-order valence-corrected chi connectivity index (χ1v) is 8.83. The van der Waals surface area contributed by atoms with Crippen LogP contribution in [-0.4, -0.2) is 53.0 Å². The van der Waals surface area contributed by atoms with Crippen LogP contribution in [-0.2, 0) is 4.74 Å². The van der Waals surface area contributed by atoms with E-state index in [0.717, 1.165) is 25.9 Å². The predicted molar refractivity (Wildman–Crippen MR) is 93.5 cm³/mol. The number of nitrogens with zero attached hydrogens (tertiary/aromatic N) is 1. The Morgan fingerprint density at radius 2 is 1.83 bits per heavy atom. The van der Waals surface area contributed by atoms with Crippen LogP contribution in [0.15, 0.2) is 0 Å². The van der Waals surface area contributed by atoms with E-state index in [1.54, 1.807) is 0 Å². The topological polar surface area (TPSA) is 61.8 Å². The molecule has 1 fully saturated rings. The molecule has 1 amide bonds. The van der Waals surface area contributed by atoms with E-state index < -0.39 is 5.60 Å². The second kappa shape index (κ2) is 7.84. The van der Waals surface area contributed by atoms with Gasteiger partial charge in [-0.15, -0.1) is 0 Å². The van der Waals surface area contributed by atoms with Gasteiger partial charge in [-0.2, -0.15) is 0 Å². The average Bonchev–Trinajstić information content (AvgIpc) is 2.35. The number of likely N-dealkylation sites (N-methyl/N-ethyl adjacent to an activating group) is 1. The van der Waals surface area contributed by atoms with E-state index in [2.05, 4.69) is 37.9 Å². The first-order chi connectivity index (χ1) is 10.4. The minimum Gasteiger partial charge on any atom is -0.444 e. The number of carbonyl (C=O) groups is 1. The summed E-state index contributed by atoms with van der Waals surface area (Å²) in [6, 6.07) is 0.172. The third-order valence-electron chi connectivity index (χ3n) is 4.04. The standard InChI is InChI=1S/C18H36N2O3/c1-8-20(12-17(2,3)4)15-11-13(21)9-10-14(15)19-16(22)23-18(5,6)7/h13-15,21H,8-12H2,1-7H3,(H,19,22). The fourth-order valence-electron chi connectivity index (χ4n) is 3.23. The minimum atomic E-state index is -0.496. The number of ether oxygens (including phenoxy) is 1. The van der Waals surface area contributed by atoms with Crippen molar-refractivity contribution in [1.29, 1.82) is 0 Å². The highest BCUT2D eigenvalue weighted by Crippen LogP contribution is 2.27. The number of amides is 1. The van der Waals surface area contributed by atoms with Gasteiger partial charge in [-0.25, -0.2) is 4.79 Å². The van der Waals surface area contributed by atoms with Crippen LogP contribution in [0, 0.1) is 5.41 Å². The van der Waals surface area contributed by atoms with Crippen LogP contribution in [0.3, 0.4) is 0 Å². The van der Waals surface area contributed by atoms with Crippen molar-refractivity contribution >= 4 is 6.09 Å². The average molecular weight is 328 g/mol. The molecule has 2 N–H and O–H groups in total. The number of hydrogen-bond acceptors (Lipinski definition) is 4. The number of aliphatic hydroxyl groups excluding tert-OH is 1. The lowest BCUT2D eigenvalue weighted by Crippen LogP contribution is -2.57. The molecular weight excluding hydrogens is 292 g/mol. The maximum Gasteiger partial charge on any atom is 0.407 e. The molecule has 0 saturated heterocycles. The number of carbonyl (C=O) groups excluding carboxylic acids is 1. The van der Waals surface area contributed by atoms with Gasteiger partial charge in [0.2, 0.25) is 0 Å². The Kier molecular flexibility index (Phi) is 6.90. The first kappa shape index (κ1) is 20.2. The quantitative estimate of drug-likeness (QED) is 0.832. The zero-order chi connectivity index (χ0) is 17.8. The van der Waals surface area contributed by atoms with Gasteiger partial charge in [0.25, 0.3) is 0 Å². The second-order valence-electron chi connectivity index (χ2n) is 8.91. The Morgan fingerprint density at radius 1 is 1.22 bits per heavy atom. The highest BCUT2D eigenvalue weighted by Gasteiger charge is 2.36. The lowest BCUT2D eigenvalue weighted by Gasteiger charge is -2.43. The van der Waals surface area contributed by atoms with Gasteiger partial charge in [0.15, 0.2) is 0 Å². The van der Waals surface area contributed by atoms with Gasteiger partial charge in [-0.05, 0) is 52.0 Å². The monoisotopic (exact) mass is 328 g/mol. The van der Waals surface area contributed by atoms with E-state index in [1.165, 1.54) is 0 Å². The smallest absolute Gasteiger partial charge is 0.407 e. The van der Waals surface area contributed by atoms with Gasteiger partial charge in [0, 0.05) is 18.6 Å². The molecule has 0 aromatic carbocycles. The van der Waals surface area contributed by atoms with Gasteiger partial charge in [0.05, 0.1) is 6.10 Å².